The Bertz CT molecular complexity index is 311. The minimum Gasteiger partial charge on any atom is -0.328 e. The normalized spacial score (nSPS) is 13.1. The third kappa shape index (κ3) is 4.77. The van der Waals surface area contributed by atoms with Crippen molar-refractivity contribution < 1.29 is 0 Å². The first kappa shape index (κ1) is 13.2. The van der Waals surface area contributed by atoms with Crippen LogP contribution >= 0.6 is 0 Å². The van der Waals surface area contributed by atoms with E-state index in [0.717, 1.165) is 19.5 Å². The first-order valence-corrected chi connectivity index (χ1v) is 5.98. The average Bonchev–Trinajstić information content (AvgIpc) is 2.12. The van der Waals surface area contributed by atoms with E-state index in [1.54, 1.807) is 0 Å². The van der Waals surface area contributed by atoms with Gasteiger partial charge in [0, 0.05) is 12.6 Å². The van der Waals surface area contributed by atoms with Crippen molar-refractivity contribution in [1.29, 1.82) is 0 Å². The molecule has 0 aliphatic rings. The lowest BCUT2D eigenvalue weighted by Crippen LogP contribution is -2.25. The zero-order chi connectivity index (χ0) is 12.1. The van der Waals surface area contributed by atoms with Gasteiger partial charge in [0.2, 0.25) is 0 Å². The van der Waals surface area contributed by atoms with Crippen LogP contribution in [0.2, 0.25) is 0 Å². The Morgan fingerprint density at radius 1 is 1.19 bits per heavy atom. The van der Waals surface area contributed by atoms with Crippen molar-refractivity contribution >= 4 is 0 Å². The first-order valence-electron chi connectivity index (χ1n) is 5.98. The number of aryl methyl sites for hydroxylation is 2. The molecule has 0 fully saturated rings. The SMILES string of the molecule is Cc1cc(C)cc(CN(C)CCC(C)N)c1. The highest BCUT2D eigenvalue weighted by molar-refractivity contribution is 5.28. The predicted molar refractivity (Wildman–Crippen MR) is 70.5 cm³/mol. The summed E-state index contributed by atoms with van der Waals surface area (Å²) in [5.74, 6) is 0. The van der Waals surface area contributed by atoms with Crippen molar-refractivity contribution in [1.82, 2.24) is 4.90 Å². The summed E-state index contributed by atoms with van der Waals surface area (Å²) in [5.41, 5.74) is 9.84. The molecule has 0 aliphatic heterocycles. The number of nitrogens with zero attached hydrogens (tertiary/aromatic N) is 1. The molecule has 0 saturated carbocycles. The van der Waals surface area contributed by atoms with Gasteiger partial charge in [-0.3, -0.25) is 0 Å². The molecule has 0 spiro atoms. The summed E-state index contributed by atoms with van der Waals surface area (Å²) in [4.78, 5) is 2.33. The summed E-state index contributed by atoms with van der Waals surface area (Å²) < 4.78 is 0. The molecule has 90 valence electrons. The molecule has 0 bridgehead atoms. The molecule has 1 aromatic carbocycles. The van der Waals surface area contributed by atoms with E-state index >= 15 is 0 Å². The van der Waals surface area contributed by atoms with Crippen LogP contribution in [-0.4, -0.2) is 24.5 Å². The summed E-state index contributed by atoms with van der Waals surface area (Å²) in [6, 6.07) is 7.03. The Balaban J connectivity index is 2.52. The van der Waals surface area contributed by atoms with Crippen LogP contribution in [0, 0.1) is 13.8 Å². The van der Waals surface area contributed by atoms with Gasteiger partial charge in [-0.05, 0) is 46.3 Å². The van der Waals surface area contributed by atoms with E-state index in [-0.39, 0.29) is 0 Å². The molecule has 1 aromatic rings. The zero-order valence-corrected chi connectivity index (χ0v) is 11.0. The highest BCUT2D eigenvalue weighted by Gasteiger charge is 2.03. The molecule has 1 rings (SSSR count). The molecule has 0 radical (unpaired) electrons. The van der Waals surface area contributed by atoms with Crippen LogP contribution in [0.5, 0.6) is 0 Å². The zero-order valence-electron chi connectivity index (χ0n) is 11.0. The monoisotopic (exact) mass is 220 g/mol. The number of nitrogens with two attached hydrogens (primary N) is 1. The van der Waals surface area contributed by atoms with Gasteiger partial charge in [0.25, 0.3) is 0 Å². The minimum absolute atomic E-state index is 0.293. The molecule has 0 saturated heterocycles. The fourth-order valence-corrected chi connectivity index (χ4v) is 1.98. The maximum atomic E-state index is 5.76. The molecule has 2 nitrogen and oxygen atoms in total. The van der Waals surface area contributed by atoms with Crippen LogP contribution < -0.4 is 5.73 Å². The number of hydrogen-bond donors (Lipinski definition) is 1. The van der Waals surface area contributed by atoms with Crippen molar-refractivity contribution in [3.63, 3.8) is 0 Å². The molecule has 2 N–H and O–H groups in total. The second-order valence-electron chi connectivity index (χ2n) is 5.00. The van der Waals surface area contributed by atoms with Gasteiger partial charge in [0.15, 0.2) is 0 Å². The second-order valence-corrected chi connectivity index (χ2v) is 5.00. The molecule has 1 atom stereocenters. The third-order valence-corrected chi connectivity index (χ3v) is 2.70. The Morgan fingerprint density at radius 2 is 1.75 bits per heavy atom. The van der Waals surface area contributed by atoms with E-state index in [1.807, 2.05) is 0 Å². The van der Waals surface area contributed by atoms with E-state index in [0.29, 0.717) is 6.04 Å². The van der Waals surface area contributed by atoms with Crippen molar-refractivity contribution in [2.24, 2.45) is 5.73 Å². The van der Waals surface area contributed by atoms with Crippen LogP contribution in [0.15, 0.2) is 18.2 Å². The first-order chi connectivity index (χ1) is 7.47. The van der Waals surface area contributed by atoms with Gasteiger partial charge in [-0.1, -0.05) is 29.3 Å². The largest absolute Gasteiger partial charge is 0.328 e. The maximum absolute atomic E-state index is 5.76. The Hall–Kier alpha value is -0.860. The molecular formula is C14H24N2. The maximum Gasteiger partial charge on any atom is 0.0230 e. The van der Waals surface area contributed by atoms with E-state index < -0.39 is 0 Å². The Kier molecular flexibility index (Phi) is 4.97. The van der Waals surface area contributed by atoms with Crippen molar-refractivity contribution in [2.45, 2.75) is 39.8 Å². The number of hydrogen-bond acceptors (Lipinski definition) is 2. The lowest BCUT2D eigenvalue weighted by molar-refractivity contribution is 0.313. The van der Waals surface area contributed by atoms with Gasteiger partial charge < -0.3 is 10.6 Å². The standard InChI is InChI=1S/C14H24N2/c1-11-7-12(2)9-14(8-11)10-16(4)6-5-13(3)15/h7-9,13H,5-6,10,15H2,1-4H3. The van der Waals surface area contributed by atoms with Gasteiger partial charge in [-0.2, -0.15) is 0 Å². The van der Waals surface area contributed by atoms with Crippen molar-refractivity contribution in [2.75, 3.05) is 13.6 Å². The quantitative estimate of drug-likeness (QED) is 0.826. The van der Waals surface area contributed by atoms with Crippen LogP contribution in [0.4, 0.5) is 0 Å². The Labute approximate surface area is 99.5 Å². The van der Waals surface area contributed by atoms with Crippen LogP contribution in [-0.2, 0) is 6.54 Å². The second kappa shape index (κ2) is 6.02. The van der Waals surface area contributed by atoms with E-state index in [9.17, 15) is 0 Å². The molecule has 0 heterocycles. The van der Waals surface area contributed by atoms with Gasteiger partial charge in [-0.15, -0.1) is 0 Å². The summed E-state index contributed by atoms with van der Waals surface area (Å²) in [6.45, 7) is 8.43. The topological polar surface area (TPSA) is 29.3 Å². The van der Waals surface area contributed by atoms with Crippen molar-refractivity contribution in [3.05, 3.63) is 34.9 Å². The lowest BCUT2D eigenvalue weighted by atomic mass is 10.1. The van der Waals surface area contributed by atoms with Gasteiger partial charge >= 0.3 is 0 Å². The average molecular weight is 220 g/mol. The Morgan fingerprint density at radius 3 is 2.25 bits per heavy atom. The minimum atomic E-state index is 0.293. The summed E-state index contributed by atoms with van der Waals surface area (Å²) in [7, 11) is 2.15. The molecular weight excluding hydrogens is 196 g/mol. The van der Waals surface area contributed by atoms with Gasteiger partial charge in [0.05, 0.1) is 0 Å². The lowest BCUT2D eigenvalue weighted by Gasteiger charge is -2.18. The predicted octanol–water partition coefficient (Wildman–Crippen LogP) is 2.47. The summed E-state index contributed by atoms with van der Waals surface area (Å²) in [5, 5.41) is 0. The molecule has 1 unspecified atom stereocenters. The van der Waals surface area contributed by atoms with E-state index in [4.69, 9.17) is 5.73 Å². The van der Waals surface area contributed by atoms with Crippen LogP contribution in [0.25, 0.3) is 0 Å². The fourth-order valence-electron chi connectivity index (χ4n) is 1.98. The summed E-state index contributed by atoms with van der Waals surface area (Å²) in [6.07, 6.45) is 1.06. The molecule has 0 aliphatic carbocycles. The number of rotatable bonds is 5. The third-order valence-electron chi connectivity index (χ3n) is 2.70. The smallest absolute Gasteiger partial charge is 0.0230 e. The molecule has 2 heteroatoms. The van der Waals surface area contributed by atoms with Crippen molar-refractivity contribution in [3.8, 4) is 0 Å². The highest BCUT2D eigenvalue weighted by Crippen LogP contribution is 2.10. The molecule has 0 amide bonds. The van der Waals surface area contributed by atoms with E-state index in [1.165, 1.54) is 16.7 Å². The highest BCUT2D eigenvalue weighted by atomic mass is 15.1. The van der Waals surface area contributed by atoms with Gasteiger partial charge in [0.1, 0.15) is 0 Å². The van der Waals surface area contributed by atoms with E-state index in [2.05, 4.69) is 50.9 Å². The fraction of sp³-hybridized carbons (Fsp3) is 0.571. The van der Waals surface area contributed by atoms with Crippen LogP contribution in [0.1, 0.15) is 30.0 Å². The number of benzene rings is 1. The molecule has 0 aromatic heterocycles. The molecule has 16 heavy (non-hydrogen) atoms. The van der Waals surface area contributed by atoms with Gasteiger partial charge in [-0.25, -0.2) is 0 Å². The summed E-state index contributed by atoms with van der Waals surface area (Å²) >= 11 is 0. The van der Waals surface area contributed by atoms with Crippen LogP contribution in [0.3, 0.4) is 0 Å².